The molecule has 0 fully saturated rings. The van der Waals surface area contributed by atoms with Crippen molar-refractivity contribution < 1.29 is 4.74 Å². The van der Waals surface area contributed by atoms with Crippen LogP contribution in [0.1, 0.15) is 12.8 Å². The molecule has 0 amide bonds. The van der Waals surface area contributed by atoms with Gasteiger partial charge in [0, 0.05) is 27.7 Å². The van der Waals surface area contributed by atoms with Crippen molar-refractivity contribution in [2.24, 2.45) is 5.11 Å². The third-order valence-electron chi connectivity index (χ3n) is 2.03. The van der Waals surface area contributed by atoms with Crippen molar-refractivity contribution in [3.05, 3.63) is 34.7 Å². The van der Waals surface area contributed by atoms with Crippen LogP contribution in [-0.4, -0.2) is 18.8 Å². The summed E-state index contributed by atoms with van der Waals surface area (Å²) in [4.78, 5) is 3.85. The van der Waals surface area contributed by atoms with E-state index in [0.29, 0.717) is 18.0 Å². The van der Waals surface area contributed by atoms with Crippen LogP contribution in [0.4, 0.5) is 5.69 Å². The zero-order valence-electron chi connectivity index (χ0n) is 10.00. The van der Waals surface area contributed by atoms with Crippen LogP contribution in [-0.2, 0) is 4.74 Å². The van der Waals surface area contributed by atoms with Gasteiger partial charge in [0.2, 0.25) is 0 Å². The van der Waals surface area contributed by atoms with Crippen molar-refractivity contribution in [1.82, 2.24) is 0 Å². The lowest BCUT2D eigenvalue weighted by Crippen LogP contribution is -1.98. The minimum Gasteiger partial charge on any atom is -0.484 e. The van der Waals surface area contributed by atoms with E-state index in [-0.39, 0.29) is 0 Å². The Labute approximate surface area is 114 Å². The van der Waals surface area contributed by atoms with Crippen molar-refractivity contribution >= 4 is 33.2 Å². The van der Waals surface area contributed by atoms with E-state index in [0.717, 1.165) is 17.1 Å². The van der Waals surface area contributed by atoms with Gasteiger partial charge in [0.15, 0.2) is 5.90 Å². The van der Waals surface area contributed by atoms with Gasteiger partial charge in [-0.05, 0) is 24.1 Å². The highest BCUT2D eigenvalue weighted by atomic mass is 33.1. The number of hydrogen-bond donors (Lipinski definition) is 1. The van der Waals surface area contributed by atoms with Crippen molar-refractivity contribution in [2.75, 3.05) is 12.9 Å². The summed E-state index contributed by atoms with van der Waals surface area (Å²) in [5.74, 6) is 1.30. The normalized spacial score (nSPS) is 9.61. The molecule has 1 aromatic rings. The number of ether oxygens (including phenoxy) is 1. The molecule has 5 nitrogen and oxygen atoms in total. The van der Waals surface area contributed by atoms with Crippen LogP contribution in [0.2, 0.25) is 0 Å². The molecule has 0 heterocycles. The van der Waals surface area contributed by atoms with E-state index in [1.54, 1.807) is 33.7 Å². The van der Waals surface area contributed by atoms with E-state index in [9.17, 15) is 0 Å². The van der Waals surface area contributed by atoms with Crippen LogP contribution in [0, 0.1) is 5.41 Å². The van der Waals surface area contributed by atoms with E-state index >= 15 is 0 Å². The van der Waals surface area contributed by atoms with Gasteiger partial charge in [-0.1, -0.05) is 38.8 Å². The first-order valence-corrected chi connectivity index (χ1v) is 7.64. The second-order valence-electron chi connectivity index (χ2n) is 3.32. The van der Waals surface area contributed by atoms with Gasteiger partial charge in [0.1, 0.15) is 0 Å². The van der Waals surface area contributed by atoms with Crippen LogP contribution in [0.25, 0.3) is 10.4 Å². The second-order valence-corrected chi connectivity index (χ2v) is 5.81. The average Bonchev–Trinajstić information content (AvgIpc) is 2.40. The topological polar surface area (TPSA) is 81.8 Å². The van der Waals surface area contributed by atoms with Gasteiger partial charge in [0.25, 0.3) is 0 Å². The molecule has 0 atom stereocenters. The number of benzene rings is 1. The molecule has 96 valence electrons. The predicted molar refractivity (Wildman–Crippen MR) is 77.5 cm³/mol. The molecule has 0 spiro atoms. The van der Waals surface area contributed by atoms with E-state index in [1.807, 2.05) is 12.1 Å². The number of nitrogens with zero attached hydrogens (tertiary/aromatic N) is 3. The van der Waals surface area contributed by atoms with Gasteiger partial charge >= 0.3 is 0 Å². The Bertz CT molecular complexity index is 429. The van der Waals surface area contributed by atoms with Crippen molar-refractivity contribution in [2.45, 2.75) is 17.7 Å². The molecular formula is C11H14N4OS2. The minimum absolute atomic E-state index is 0.333. The zero-order valence-corrected chi connectivity index (χ0v) is 11.6. The number of rotatable bonds is 7. The number of nitrogens with one attached hydrogen (secondary N) is 1. The molecule has 1 N–H and O–H groups in total. The summed E-state index contributed by atoms with van der Waals surface area (Å²) >= 11 is 0. The van der Waals surface area contributed by atoms with Gasteiger partial charge in [0.05, 0.1) is 7.11 Å². The van der Waals surface area contributed by atoms with Crippen LogP contribution < -0.4 is 0 Å². The quantitative estimate of drug-likeness (QED) is 0.149. The highest BCUT2D eigenvalue weighted by molar-refractivity contribution is 8.76. The molecular weight excluding hydrogens is 268 g/mol. The molecule has 0 saturated carbocycles. The molecule has 0 radical (unpaired) electrons. The van der Waals surface area contributed by atoms with Crippen LogP contribution >= 0.6 is 21.6 Å². The lowest BCUT2D eigenvalue weighted by atomic mass is 10.3. The van der Waals surface area contributed by atoms with Crippen molar-refractivity contribution in [3.63, 3.8) is 0 Å². The van der Waals surface area contributed by atoms with Crippen molar-refractivity contribution in [3.8, 4) is 0 Å². The van der Waals surface area contributed by atoms with E-state index < -0.39 is 0 Å². The smallest absolute Gasteiger partial charge is 0.180 e. The Morgan fingerprint density at radius 2 is 2.17 bits per heavy atom. The Hall–Kier alpha value is -1.30. The molecule has 0 aliphatic carbocycles. The maximum Gasteiger partial charge on any atom is 0.180 e. The monoisotopic (exact) mass is 282 g/mol. The molecule has 0 aromatic heterocycles. The largest absolute Gasteiger partial charge is 0.484 e. The fourth-order valence-corrected chi connectivity index (χ4v) is 3.20. The molecule has 1 aromatic carbocycles. The molecule has 0 aliphatic rings. The SMILES string of the molecule is COC(=N)CCCSSc1ccc(N=[N+]=[N-])cc1. The van der Waals surface area contributed by atoms with Crippen LogP contribution in [0.5, 0.6) is 0 Å². The van der Waals surface area contributed by atoms with Gasteiger partial charge < -0.3 is 4.74 Å². The summed E-state index contributed by atoms with van der Waals surface area (Å²) in [5.41, 5.74) is 8.90. The van der Waals surface area contributed by atoms with E-state index in [2.05, 4.69) is 10.0 Å². The van der Waals surface area contributed by atoms with Gasteiger partial charge in [-0.25, -0.2) is 0 Å². The fraction of sp³-hybridized carbons (Fsp3) is 0.364. The van der Waals surface area contributed by atoms with Gasteiger partial charge in [-0.2, -0.15) is 0 Å². The highest BCUT2D eigenvalue weighted by Gasteiger charge is 1.98. The molecule has 7 heteroatoms. The Morgan fingerprint density at radius 1 is 1.44 bits per heavy atom. The first-order valence-electron chi connectivity index (χ1n) is 5.32. The first kappa shape index (κ1) is 14.8. The zero-order chi connectivity index (χ0) is 13.2. The lowest BCUT2D eigenvalue weighted by Gasteiger charge is -2.02. The third kappa shape index (κ3) is 5.86. The standard InChI is InChI=1S/C11H14N4OS2/c1-16-11(12)3-2-8-17-18-10-6-4-9(5-7-10)14-15-13/h4-7,12H,2-3,8H2,1H3. The van der Waals surface area contributed by atoms with Gasteiger partial charge in [-0.15, -0.1) is 0 Å². The summed E-state index contributed by atoms with van der Waals surface area (Å²) in [6.45, 7) is 0. The van der Waals surface area contributed by atoms with Crippen molar-refractivity contribution in [1.29, 1.82) is 5.41 Å². The maximum atomic E-state index is 8.28. The van der Waals surface area contributed by atoms with Crippen LogP contribution in [0.15, 0.2) is 34.3 Å². The minimum atomic E-state index is 0.333. The summed E-state index contributed by atoms with van der Waals surface area (Å²) in [6.07, 6.45) is 1.61. The summed E-state index contributed by atoms with van der Waals surface area (Å²) in [5, 5.41) is 10.8. The third-order valence-corrected chi connectivity index (χ3v) is 4.50. The Morgan fingerprint density at radius 3 is 2.78 bits per heavy atom. The van der Waals surface area contributed by atoms with Gasteiger partial charge in [-0.3, -0.25) is 5.41 Å². The summed E-state index contributed by atoms with van der Waals surface area (Å²) in [7, 11) is 4.94. The average molecular weight is 282 g/mol. The number of azide groups is 1. The first-order chi connectivity index (χ1) is 8.76. The fourth-order valence-electron chi connectivity index (χ4n) is 1.12. The van der Waals surface area contributed by atoms with Crippen LogP contribution in [0.3, 0.4) is 0 Å². The number of hydrogen-bond acceptors (Lipinski definition) is 5. The summed E-state index contributed by atoms with van der Waals surface area (Å²) < 4.78 is 4.78. The number of methoxy groups -OCH3 is 1. The molecule has 1 rings (SSSR count). The Balaban J connectivity index is 2.23. The molecule has 18 heavy (non-hydrogen) atoms. The maximum absolute atomic E-state index is 8.28. The highest BCUT2D eigenvalue weighted by Crippen LogP contribution is 2.32. The molecule has 0 bridgehead atoms. The van der Waals surface area contributed by atoms with E-state index in [1.165, 1.54) is 7.11 Å². The second kappa shape index (κ2) is 8.74. The van der Waals surface area contributed by atoms with E-state index in [4.69, 9.17) is 15.7 Å². The summed E-state index contributed by atoms with van der Waals surface area (Å²) in [6, 6.07) is 7.45. The lowest BCUT2D eigenvalue weighted by molar-refractivity contribution is 0.385. The molecule has 0 unspecified atom stereocenters. The molecule has 0 saturated heterocycles. The Kier molecular flexibility index (Phi) is 7.17. The predicted octanol–water partition coefficient (Wildman–Crippen LogP) is 4.77. The molecule has 0 aliphatic heterocycles.